The smallest absolute Gasteiger partial charge is 0.124 e. The molecule has 0 fully saturated rings. The molecule has 0 amide bonds. The van der Waals surface area contributed by atoms with Crippen LogP contribution in [0, 0.1) is 0 Å². The van der Waals surface area contributed by atoms with Crippen molar-refractivity contribution in [1.29, 1.82) is 0 Å². The third-order valence-electron chi connectivity index (χ3n) is 1.44. The highest BCUT2D eigenvalue weighted by Gasteiger charge is 2.00. The second-order valence-electron chi connectivity index (χ2n) is 2.46. The van der Waals surface area contributed by atoms with Crippen molar-refractivity contribution < 1.29 is 9.32 Å². The molecule has 1 aromatic carbocycles. The third kappa shape index (κ3) is 3.14. The van der Waals surface area contributed by atoms with Crippen LogP contribution in [0.2, 0.25) is 0 Å². The van der Waals surface area contributed by atoms with E-state index in [1.165, 1.54) is 0 Å². The first-order valence-electron chi connectivity index (χ1n) is 3.85. The predicted molar refractivity (Wildman–Crippen MR) is 52.4 cm³/mol. The number of hydrogen-bond donors (Lipinski definition) is 3. The molecule has 1 aromatic rings. The first-order chi connectivity index (χ1) is 6.24. The number of aliphatic hydroxyl groups excluding tert-OH is 1. The molecular formula is C8H12N2O2S. The van der Waals surface area contributed by atoms with Crippen LogP contribution in [0.3, 0.4) is 0 Å². The lowest BCUT2D eigenvalue weighted by Gasteiger charge is -2.02. The van der Waals surface area contributed by atoms with Crippen LogP contribution in [0.5, 0.6) is 0 Å². The zero-order valence-corrected chi connectivity index (χ0v) is 7.88. The van der Waals surface area contributed by atoms with E-state index in [1.807, 2.05) is 0 Å². The van der Waals surface area contributed by atoms with Crippen molar-refractivity contribution in [2.45, 2.75) is 4.90 Å². The minimum Gasteiger partial charge on any atom is -0.399 e. The van der Waals surface area contributed by atoms with Crippen molar-refractivity contribution >= 4 is 16.7 Å². The van der Waals surface area contributed by atoms with Gasteiger partial charge < -0.3 is 10.8 Å². The summed E-state index contributed by atoms with van der Waals surface area (Å²) in [5.74, 6) is 0. The first kappa shape index (κ1) is 10.2. The Hall–Kier alpha value is -0.910. The van der Waals surface area contributed by atoms with Crippen LogP contribution < -0.4 is 10.5 Å². The van der Waals surface area contributed by atoms with E-state index in [9.17, 15) is 4.21 Å². The van der Waals surface area contributed by atoms with Crippen LogP contribution >= 0.6 is 0 Å². The van der Waals surface area contributed by atoms with E-state index in [1.54, 1.807) is 24.3 Å². The molecular weight excluding hydrogens is 188 g/mol. The maximum absolute atomic E-state index is 11.4. The van der Waals surface area contributed by atoms with E-state index in [0.717, 1.165) is 0 Å². The van der Waals surface area contributed by atoms with Crippen molar-refractivity contribution in [2.24, 2.45) is 0 Å². The molecule has 4 nitrogen and oxygen atoms in total. The van der Waals surface area contributed by atoms with Gasteiger partial charge in [0, 0.05) is 12.2 Å². The molecule has 0 aliphatic carbocycles. The second-order valence-corrected chi connectivity index (χ2v) is 3.75. The van der Waals surface area contributed by atoms with Crippen molar-refractivity contribution in [3.8, 4) is 0 Å². The van der Waals surface area contributed by atoms with Gasteiger partial charge in [-0.15, -0.1) is 0 Å². The average Bonchev–Trinajstić information content (AvgIpc) is 2.15. The Bertz CT molecular complexity index is 287. The highest BCUT2D eigenvalue weighted by atomic mass is 32.2. The van der Waals surface area contributed by atoms with E-state index in [4.69, 9.17) is 10.8 Å². The Kier molecular flexibility index (Phi) is 3.88. The van der Waals surface area contributed by atoms with Gasteiger partial charge in [0.05, 0.1) is 11.5 Å². The van der Waals surface area contributed by atoms with Gasteiger partial charge in [0.15, 0.2) is 0 Å². The summed E-state index contributed by atoms with van der Waals surface area (Å²) in [6.45, 7) is 0.289. The molecule has 4 N–H and O–H groups in total. The van der Waals surface area contributed by atoms with Crippen LogP contribution in [0.4, 0.5) is 5.69 Å². The topological polar surface area (TPSA) is 75.4 Å². The summed E-state index contributed by atoms with van der Waals surface area (Å²) >= 11 is 0. The lowest BCUT2D eigenvalue weighted by atomic mass is 10.3. The molecule has 0 aromatic heterocycles. The molecule has 13 heavy (non-hydrogen) atoms. The summed E-state index contributed by atoms with van der Waals surface area (Å²) in [5, 5.41) is 8.49. The summed E-state index contributed by atoms with van der Waals surface area (Å²) in [6, 6.07) is 6.76. The molecule has 0 spiro atoms. The molecule has 0 saturated heterocycles. The zero-order chi connectivity index (χ0) is 9.68. The SMILES string of the molecule is Nc1ccc(S(=O)NCCO)cc1. The molecule has 0 saturated carbocycles. The number of nitrogens with two attached hydrogens (primary N) is 1. The maximum Gasteiger partial charge on any atom is 0.124 e. The number of nitrogens with one attached hydrogen (secondary N) is 1. The van der Waals surface area contributed by atoms with Gasteiger partial charge in [-0.3, -0.25) is 0 Å². The summed E-state index contributed by atoms with van der Waals surface area (Å²) in [5.41, 5.74) is 6.11. The summed E-state index contributed by atoms with van der Waals surface area (Å²) in [4.78, 5) is 0.655. The largest absolute Gasteiger partial charge is 0.399 e. The lowest BCUT2D eigenvalue weighted by molar-refractivity contribution is 0.302. The Labute approximate surface area is 79.4 Å². The number of rotatable bonds is 4. The van der Waals surface area contributed by atoms with Gasteiger partial charge in [0.1, 0.15) is 11.0 Å². The Morgan fingerprint density at radius 2 is 2.00 bits per heavy atom. The number of aliphatic hydroxyl groups is 1. The molecule has 1 rings (SSSR count). The van der Waals surface area contributed by atoms with E-state index in [-0.39, 0.29) is 6.61 Å². The zero-order valence-electron chi connectivity index (χ0n) is 7.06. The molecule has 1 unspecified atom stereocenters. The Morgan fingerprint density at radius 1 is 1.38 bits per heavy atom. The minimum absolute atomic E-state index is 0.0271. The average molecular weight is 200 g/mol. The summed E-state index contributed by atoms with van der Waals surface area (Å²) < 4.78 is 14.0. The molecule has 0 aliphatic rings. The fraction of sp³-hybridized carbons (Fsp3) is 0.250. The molecule has 0 bridgehead atoms. The maximum atomic E-state index is 11.4. The Balaban J connectivity index is 2.61. The van der Waals surface area contributed by atoms with Gasteiger partial charge >= 0.3 is 0 Å². The summed E-state index contributed by atoms with van der Waals surface area (Å²) in [6.07, 6.45) is 0. The van der Waals surface area contributed by atoms with Crippen molar-refractivity contribution in [1.82, 2.24) is 4.72 Å². The number of benzene rings is 1. The van der Waals surface area contributed by atoms with Crippen LogP contribution in [-0.2, 0) is 11.0 Å². The molecule has 5 heteroatoms. The lowest BCUT2D eigenvalue weighted by Crippen LogP contribution is -2.20. The third-order valence-corrected chi connectivity index (χ3v) is 2.61. The van der Waals surface area contributed by atoms with Crippen LogP contribution in [-0.4, -0.2) is 22.5 Å². The van der Waals surface area contributed by atoms with Gasteiger partial charge in [-0.1, -0.05) is 0 Å². The van der Waals surface area contributed by atoms with Gasteiger partial charge in [-0.05, 0) is 24.3 Å². The first-order valence-corrected chi connectivity index (χ1v) is 5.00. The van der Waals surface area contributed by atoms with E-state index in [2.05, 4.69) is 4.72 Å². The molecule has 0 aliphatic heterocycles. The van der Waals surface area contributed by atoms with E-state index in [0.29, 0.717) is 17.1 Å². The number of nitrogen functional groups attached to an aromatic ring is 1. The van der Waals surface area contributed by atoms with E-state index >= 15 is 0 Å². The fourth-order valence-corrected chi connectivity index (χ4v) is 1.64. The monoisotopic (exact) mass is 200 g/mol. The quantitative estimate of drug-likeness (QED) is 0.593. The molecule has 72 valence electrons. The van der Waals surface area contributed by atoms with Gasteiger partial charge in [0.2, 0.25) is 0 Å². The van der Waals surface area contributed by atoms with Crippen LogP contribution in [0.15, 0.2) is 29.2 Å². The highest BCUT2D eigenvalue weighted by Crippen LogP contribution is 2.07. The van der Waals surface area contributed by atoms with Crippen LogP contribution in [0.1, 0.15) is 0 Å². The predicted octanol–water partition coefficient (Wildman–Crippen LogP) is -0.127. The normalized spacial score (nSPS) is 12.7. The second kappa shape index (κ2) is 4.96. The van der Waals surface area contributed by atoms with Crippen molar-refractivity contribution in [2.75, 3.05) is 18.9 Å². The fourth-order valence-electron chi connectivity index (χ4n) is 0.813. The van der Waals surface area contributed by atoms with Gasteiger partial charge in [-0.25, -0.2) is 8.93 Å². The van der Waals surface area contributed by atoms with E-state index < -0.39 is 11.0 Å². The van der Waals surface area contributed by atoms with Crippen molar-refractivity contribution in [3.05, 3.63) is 24.3 Å². The highest BCUT2D eigenvalue weighted by molar-refractivity contribution is 7.83. The van der Waals surface area contributed by atoms with Crippen LogP contribution in [0.25, 0.3) is 0 Å². The molecule has 1 atom stereocenters. The standard InChI is InChI=1S/C8H12N2O2S/c9-7-1-3-8(4-2-7)13(12)10-5-6-11/h1-4,10-11H,5-6,9H2. The molecule has 0 radical (unpaired) electrons. The summed E-state index contributed by atoms with van der Waals surface area (Å²) in [7, 11) is -1.26. The number of hydrogen-bond acceptors (Lipinski definition) is 3. The van der Waals surface area contributed by atoms with Crippen molar-refractivity contribution in [3.63, 3.8) is 0 Å². The Morgan fingerprint density at radius 3 is 2.54 bits per heavy atom. The number of anilines is 1. The van der Waals surface area contributed by atoms with Gasteiger partial charge in [-0.2, -0.15) is 0 Å². The molecule has 0 heterocycles. The minimum atomic E-state index is -1.26. The van der Waals surface area contributed by atoms with Gasteiger partial charge in [0.25, 0.3) is 0 Å².